The van der Waals surface area contributed by atoms with Gasteiger partial charge in [0.05, 0.1) is 5.92 Å². The lowest BCUT2D eigenvalue weighted by atomic mass is 10.1. The Morgan fingerprint density at radius 3 is 2.43 bits per heavy atom. The zero-order valence-electron chi connectivity index (χ0n) is 9.45. The molecule has 1 rings (SSSR count). The van der Waals surface area contributed by atoms with Crippen LogP contribution in [0.15, 0.2) is 0 Å². The molecule has 0 unspecified atom stereocenters. The maximum Gasteiger partial charge on any atom is 0.308 e. The van der Waals surface area contributed by atoms with Crippen LogP contribution >= 0.6 is 0 Å². The first kappa shape index (κ1) is 11.5. The second-order valence-electron chi connectivity index (χ2n) is 4.23. The van der Waals surface area contributed by atoms with Gasteiger partial charge in [0.25, 0.3) is 0 Å². The van der Waals surface area contributed by atoms with E-state index in [4.69, 9.17) is 4.74 Å². The van der Waals surface area contributed by atoms with Gasteiger partial charge in [-0.3, -0.25) is 4.79 Å². The number of carbonyl (C=O) groups excluding carboxylic acids is 1. The number of esters is 1. The van der Waals surface area contributed by atoms with Gasteiger partial charge in [0, 0.05) is 13.1 Å². The number of rotatable bonds is 3. The topological polar surface area (TPSA) is 29.5 Å². The van der Waals surface area contributed by atoms with Crippen molar-refractivity contribution in [3.05, 3.63) is 0 Å². The standard InChI is InChI=1S/C11H21NO2/c1-4-12-7-5-10(6-8-12)14-11(13)9(2)3/h9-10H,4-8H2,1-3H3. The third-order valence-electron chi connectivity index (χ3n) is 2.74. The smallest absolute Gasteiger partial charge is 0.308 e. The van der Waals surface area contributed by atoms with Crippen molar-refractivity contribution < 1.29 is 9.53 Å². The van der Waals surface area contributed by atoms with Crippen LogP contribution in [0, 0.1) is 5.92 Å². The fraction of sp³-hybridized carbons (Fsp3) is 0.909. The summed E-state index contributed by atoms with van der Waals surface area (Å²) in [5, 5.41) is 0. The minimum absolute atomic E-state index is 0.000736. The normalized spacial score (nSPS) is 20.0. The summed E-state index contributed by atoms with van der Waals surface area (Å²) in [5.41, 5.74) is 0. The van der Waals surface area contributed by atoms with Gasteiger partial charge in [-0.1, -0.05) is 20.8 Å². The number of nitrogens with zero attached hydrogens (tertiary/aromatic N) is 1. The molecule has 0 amide bonds. The van der Waals surface area contributed by atoms with Crippen molar-refractivity contribution in [1.82, 2.24) is 4.90 Å². The van der Waals surface area contributed by atoms with E-state index in [0.717, 1.165) is 32.5 Å². The molecule has 0 N–H and O–H groups in total. The van der Waals surface area contributed by atoms with Crippen molar-refractivity contribution in [3.63, 3.8) is 0 Å². The minimum Gasteiger partial charge on any atom is -0.462 e. The quantitative estimate of drug-likeness (QED) is 0.648. The van der Waals surface area contributed by atoms with Crippen molar-refractivity contribution in [2.75, 3.05) is 19.6 Å². The molecule has 0 radical (unpaired) electrons. The highest BCUT2D eigenvalue weighted by molar-refractivity contribution is 5.71. The number of piperidine rings is 1. The van der Waals surface area contributed by atoms with Gasteiger partial charge in [-0.25, -0.2) is 0 Å². The van der Waals surface area contributed by atoms with E-state index < -0.39 is 0 Å². The maximum atomic E-state index is 11.3. The molecule has 1 aliphatic rings. The van der Waals surface area contributed by atoms with Gasteiger partial charge < -0.3 is 9.64 Å². The summed E-state index contributed by atoms with van der Waals surface area (Å²) in [6.45, 7) is 9.15. The lowest BCUT2D eigenvalue weighted by Gasteiger charge is -2.30. The van der Waals surface area contributed by atoms with E-state index in [1.807, 2.05) is 13.8 Å². The number of ether oxygens (including phenoxy) is 1. The van der Waals surface area contributed by atoms with Gasteiger partial charge in [-0.15, -0.1) is 0 Å². The average Bonchev–Trinajstić information content (AvgIpc) is 2.19. The molecule has 0 aromatic rings. The summed E-state index contributed by atoms with van der Waals surface area (Å²) in [4.78, 5) is 13.7. The van der Waals surface area contributed by atoms with Crippen LogP contribution in [0.4, 0.5) is 0 Å². The van der Waals surface area contributed by atoms with Crippen LogP contribution in [0.3, 0.4) is 0 Å². The first-order valence-electron chi connectivity index (χ1n) is 5.56. The Labute approximate surface area is 86.4 Å². The molecule has 82 valence electrons. The van der Waals surface area contributed by atoms with E-state index >= 15 is 0 Å². The first-order valence-corrected chi connectivity index (χ1v) is 5.56. The highest BCUT2D eigenvalue weighted by atomic mass is 16.5. The lowest BCUT2D eigenvalue weighted by Crippen LogP contribution is -2.38. The molecule has 3 heteroatoms. The third kappa shape index (κ3) is 3.29. The molecule has 0 spiro atoms. The maximum absolute atomic E-state index is 11.3. The summed E-state index contributed by atoms with van der Waals surface area (Å²) in [5.74, 6) is -0.0563. The Bertz CT molecular complexity index is 184. The van der Waals surface area contributed by atoms with Crippen LogP contribution < -0.4 is 0 Å². The summed E-state index contributed by atoms with van der Waals surface area (Å²) in [6.07, 6.45) is 2.14. The van der Waals surface area contributed by atoms with Gasteiger partial charge in [-0.2, -0.15) is 0 Å². The number of carbonyl (C=O) groups is 1. The molecule has 1 heterocycles. The summed E-state index contributed by atoms with van der Waals surface area (Å²) in [7, 11) is 0. The third-order valence-corrected chi connectivity index (χ3v) is 2.74. The molecule has 0 bridgehead atoms. The molecule has 0 aliphatic carbocycles. The molecule has 1 saturated heterocycles. The van der Waals surface area contributed by atoms with E-state index in [1.54, 1.807) is 0 Å². The number of hydrogen-bond acceptors (Lipinski definition) is 3. The first-order chi connectivity index (χ1) is 6.63. The number of likely N-dealkylation sites (tertiary alicyclic amines) is 1. The van der Waals surface area contributed by atoms with Crippen molar-refractivity contribution in [1.29, 1.82) is 0 Å². The fourth-order valence-electron chi connectivity index (χ4n) is 1.64. The summed E-state index contributed by atoms with van der Waals surface area (Å²) >= 11 is 0. The highest BCUT2D eigenvalue weighted by Crippen LogP contribution is 2.14. The molecular weight excluding hydrogens is 178 g/mol. The van der Waals surface area contributed by atoms with E-state index in [9.17, 15) is 4.79 Å². The van der Waals surface area contributed by atoms with E-state index in [2.05, 4.69) is 11.8 Å². The van der Waals surface area contributed by atoms with Crippen molar-refractivity contribution in [2.45, 2.75) is 39.7 Å². The Morgan fingerprint density at radius 1 is 1.43 bits per heavy atom. The second kappa shape index (κ2) is 5.35. The Hall–Kier alpha value is -0.570. The van der Waals surface area contributed by atoms with Crippen molar-refractivity contribution in [3.8, 4) is 0 Å². The minimum atomic E-state index is -0.0556. The molecule has 1 aliphatic heterocycles. The van der Waals surface area contributed by atoms with Crippen molar-refractivity contribution in [2.24, 2.45) is 5.92 Å². The van der Waals surface area contributed by atoms with E-state index in [-0.39, 0.29) is 18.0 Å². The number of hydrogen-bond donors (Lipinski definition) is 0. The molecule has 14 heavy (non-hydrogen) atoms. The lowest BCUT2D eigenvalue weighted by molar-refractivity contribution is -0.155. The summed E-state index contributed by atoms with van der Waals surface area (Å²) < 4.78 is 5.38. The Balaban J connectivity index is 2.25. The SMILES string of the molecule is CCN1CCC(OC(=O)C(C)C)CC1. The predicted molar refractivity (Wildman–Crippen MR) is 56.1 cm³/mol. The zero-order valence-corrected chi connectivity index (χ0v) is 9.45. The molecular formula is C11H21NO2. The van der Waals surface area contributed by atoms with Gasteiger partial charge in [0.2, 0.25) is 0 Å². The van der Waals surface area contributed by atoms with Crippen LogP contribution in [0.25, 0.3) is 0 Å². The summed E-state index contributed by atoms with van der Waals surface area (Å²) in [6, 6.07) is 0. The molecule has 0 aromatic heterocycles. The van der Waals surface area contributed by atoms with Crippen LogP contribution in [-0.2, 0) is 9.53 Å². The van der Waals surface area contributed by atoms with E-state index in [1.165, 1.54) is 0 Å². The Morgan fingerprint density at radius 2 is 2.00 bits per heavy atom. The van der Waals surface area contributed by atoms with Crippen LogP contribution in [0.5, 0.6) is 0 Å². The molecule has 0 saturated carbocycles. The largest absolute Gasteiger partial charge is 0.462 e. The molecule has 0 atom stereocenters. The van der Waals surface area contributed by atoms with Gasteiger partial charge in [-0.05, 0) is 19.4 Å². The highest BCUT2D eigenvalue weighted by Gasteiger charge is 2.22. The van der Waals surface area contributed by atoms with Crippen LogP contribution in [0.1, 0.15) is 33.6 Å². The average molecular weight is 199 g/mol. The van der Waals surface area contributed by atoms with Gasteiger partial charge >= 0.3 is 5.97 Å². The monoisotopic (exact) mass is 199 g/mol. The van der Waals surface area contributed by atoms with E-state index in [0.29, 0.717) is 0 Å². The molecule has 0 aromatic carbocycles. The fourth-order valence-corrected chi connectivity index (χ4v) is 1.64. The predicted octanol–water partition coefficient (Wildman–Crippen LogP) is 1.67. The van der Waals surface area contributed by atoms with Crippen LogP contribution in [-0.4, -0.2) is 36.6 Å². The molecule has 3 nitrogen and oxygen atoms in total. The van der Waals surface area contributed by atoms with Crippen LogP contribution in [0.2, 0.25) is 0 Å². The second-order valence-corrected chi connectivity index (χ2v) is 4.23. The molecule has 1 fully saturated rings. The van der Waals surface area contributed by atoms with Gasteiger partial charge in [0.1, 0.15) is 6.10 Å². The van der Waals surface area contributed by atoms with Gasteiger partial charge in [0.15, 0.2) is 0 Å². The zero-order chi connectivity index (χ0) is 10.6. The van der Waals surface area contributed by atoms with Crippen molar-refractivity contribution >= 4 is 5.97 Å². The Kier molecular flexibility index (Phi) is 4.39.